The summed E-state index contributed by atoms with van der Waals surface area (Å²) in [5.74, 6) is 11.9. The van der Waals surface area contributed by atoms with Gasteiger partial charge >= 0.3 is 24.2 Å². The van der Waals surface area contributed by atoms with Crippen molar-refractivity contribution >= 4 is 259 Å². The van der Waals surface area contributed by atoms with E-state index in [0.717, 1.165) is 18.6 Å². The van der Waals surface area contributed by atoms with Crippen LogP contribution in [0.3, 0.4) is 0 Å². The molecule has 0 aromatic rings. The predicted octanol–water partition coefficient (Wildman–Crippen LogP) is 26.0. The molecule has 1 fully saturated rings. The first-order chi connectivity index (χ1) is 31.7. The molecule has 0 unspecified atom stereocenters. The van der Waals surface area contributed by atoms with Crippen LogP contribution in [0.25, 0.3) is 0 Å². The van der Waals surface area contributed by atoms with Crippen LogP contribution in [-0.2, 0) is 0 Å². The van der Waals surface area contributed by atoms with E-state index in [4.69, 9.17) is 45.8 Å². The summed E-state index contributed by atoms with van der Waals surface area (Å²) in [5.41, 5.74) is 4.46. The summed E-state index contributed by atoms with van der Waals surface area (Å²) in [6, 6.07) is 0. The second kappa shape index (κ2) is 61.2. The maximum atomic E-state index is 5.42. The van der Waals surface area contributed by atoms with Crippen LogP contribution in [0, 0.1) is 5.92 Å². The fraction of sp³-hybridized carbons (Fsp3) is 0.778. The Labute approximate surface area is 539 Å². The van der Waals surface area contributed by atoms with Crippen molar-refractivity contribution in [3.05, 3.63) is 60.5 Å². The second-order valence-corrected chi connectivity index (χ2v) is 48.7. The summed E-state index contributed by atoms with van der Waals surface area (Å²) in [6.07, 6.45) is 25.4. The average Bonchev–Trinajstić information content (AvgIpc) is 3.24. The molecule has 0 aromatic heterocycles. The topological polar surface area (TPSA) is 0 Å². The molecule has 24 heteroatoms. The molecule has 1 saturated carbocycles. The van der Waals surface area contributed by atoms with Crippen LogP contribution in [-0.4, -0.2) is 55.8 Å². The van der Waals surface area contributed by atoms with Gasteiger partial charge in [-0.3, -0.25) is 0 Å². The van der Waals surface area contributed by atoms with Gasteiger partial charge in [0.05, 0.1) is 16.1 Å². The molecule has 0 aromatic carbocycles. The van der Waals surface area contributed by atoms with E-state index in [9.17, 15) is 0 Å². The third-order valence-electron chi connectivity index (χ3n) is 9.90. The van der Waals surface area contributed by atoms with Gasteiger partial charge in [-0.1, -0.05) is 221 Å². The number of hydrogen-bond donors (Lipinski definition) is 0. The minimum absolute atomic E-state index is 0.153. The number of halogens is 14. The van der Waals surface area contributed by atoms with Crippen LogP contribution in [0.5, 0.6) is 0 Å². The fourth-order valence-electron chi connectivity index (χ4n) is 4.90. The van der Waals surface area contributed by atoms with Gasteiger partial charge in [-0.25, -0.2) is 0 Å². The summed E-state index contributed by atoms with van der Waals surface area (Å²) >= 11 is 54.9. The van der Waals surface area contributed by atoms with Gasteiger partial charge in [-0.15, -0.1) is 194 Å². The summed E-state index contributed by atoms with van der Waals surface area (Å²) in [6.45, 7) is 40.0. The highest BCUT2D eigenvalue weighted by Crippen LogP contribution is 2.39. The number of rotatable bonds is 23. The predicted molar refractivity (Wildman–Crippen MR) is 392 cm³/mol. The lowest BCUT2D eigenvalue weighted by Crippen LogP contribution is -2.31. The van der Waals surface area contributed by atoms with E-state index in [1.165, 1.54) is 109 Å². The van der Waals surface area contributed by atoms with E-state index in [-0.39, 0.29) is 9.90 Å². The van der Waals surface area contributed by atoms with E-state index in [0.29, 0.717) is 35.4 Å². The van der Waals surface area contributed by atoms with Gasteiger partial charge in [0, 0.05) is 0 Å². The molecule has 0 radical (unpaired) electrons. The summed E-state index contributed by atoms with van der Waals surface area (Å²) in [4.78, 5) is 0. The smallest absolute Gasteiger partial charge is 0.172 e. The van der Waals surface area contributed by atoms with E-state index >= 15 is 0 Å². The molecule has 0 heterocycles. The molecule has 1 aliphatic rings. The quantitative estimate of drug-likeness (QED) is 0.0707. The molecule has 0 spiro atoms. The lowest BCUT2D eigenvalue weighted by molar-refractivity contribution is 0.471. The Bertz CT molecular complexity index is 1120. The van der Waals surface area contributed by atoms with Crippen molar-refractivity contribution in [2.75, 3.05) is 0 Å². The zero-order valence-electron chi connectivity index (χ0n) is 45.3. The molecule has 0 nitrogen and oxygen atoms in total. The molecule has 0 atom stereocenters. The molecule has 69 heavy (non-hydrogen) atoms. The average molecular weight is 1720 g/mol. The fourth-order valence-corrected chi connectivity index (χ4v) is 9.56. The maximum absolute atomic E-state index is 5.42. The maximum Gasteiger partial charge on any atom is 0.375 e. The second-order valence-electron chi connectivity index (χ2n) is 19.7. The molecular formula is C45H92B8Br10Cl4Si2. The molecule has 1 rings (SSSR count). The van der Waals surface area contributed by atoms with Gasteiger partial charge in [0.25, 0.3) is 8.72 Å². The van der Waals surface area contributed by atoms with Crippen molar-refractivity contribution in [2.45, 2.75) is 221 Å². The first-order valence-corrected chi connectivity index (χ1v) is 43.0. The molecule has 1 aliphatic carbocycles. The van der Waals surface area contributed by atoms with Crippen molar-refractivity contribution in [3.8, 4) is 0 Å². The lowest BCUT2D eigenvalue weighted by atomic mass is 9.32. The van der Waals surface area contributed by atoms with E-state index < -0.39 is 21.7 Å². The SMILES string of the molecule is BrB(Br)C1CCCCC1.C=CB(Br)Br.C=CB(Cl)Cl.CC(C)C(C)(C)B(C=C[Si](C)(C)C)C=C[Si](C)(C)C.CCCCB(Br)Br.CCCCB(Cl)Cl.CCCCC=CB(Br)Br.CCCCCB(Br)Br. The van der Waals surface area contributed by atoms with Gasteiger partial charge in [0.15, 0.2) is 6.71 Å². The molecule has 0 saturated heterocycles. The third-order valence-corrected chi connectivity index (χ3v) is 17.8. The lowest BCUT2D eigenvalue weighted by Gasteiger charge is -2.33. The molecule has 0 amide bonds. The first-order valence-electron chi connectivity index (χ1n) is 25.0. The van der Waals surface area contributed by atoms with Crippen molar-refractivity contribution in [3.63, 3.8) is 0 Å². The van der Waals surface area contributed by atoms with Crippen LogP contribution in [0.2, 0.25) is 69.4 Å². The van der Waals surface area contributed by atoms with E-state index in [1.54, 1.807) is 5.98 Å². The minimum Gasteiger partial charge on any atom is -0.172 e. The monoisotopic (exact) mass is 1710 g/mol. The van der Waals surface area contributed by atoms with Crippen molar-refractivity contribution in [1.82, 2.24) is 0 Å². The van der Waals surface area contributed by atoms with Crippen LogP contribution in [0.1, 0.15) is 152 Å². The Hall–Kier alpha value is 5.61. The van der Waals surface area contributed by atoms with Crippen molar-refractivity contribution in [1.29, 1.82) is 0 Å². The largest absolute Gasteiger partial charge is 0.375 e. The number of unbranched alkanes of at least 4 members (excludes halogenated alkanes) is 6. The Kier molecular flexibility index (Phi) is 78.5. The molecule has 0 bridgehead atoms. The van der Waals surface area contributed by atoms with Crippen molar-refractivity contribution in [2.24, 2.45) is 5.92 Å². The summed E-state index contributed by atoms with van der Waals surface area (Å²) < 4.78 is 2.24. The molecular weight excluding hydrogens is 1620 g/mol. The Balaban J connectivity index is -0.000000134. The third kappa shape index (κ3) is 90.4. The summed E-state index contributed by atoms with van der Waals surface area (Å²) in [5, 5.41) is 0.326. The molecule has 0 N–H and O–H groups in total. The Morgan fingerprint density at radius 1 is 0.565 bits per heavy atom. The first kappa shape index (κ1) is 88.4. The summed E-state index contributed by atoms with van der Waals surface area (Å²) in [7, 11) is -2.22. The minimum atomic E-state index is -1.11. The zero-order valence-corrected chi connectivity index (χ0v) is 66.2. The van der Waals surface area contributed by atoms with Gasteiger partial charge in [-0.05, 0) is 29.8 Å². The molecule has 402 valence electrons. The standard InChI is InChI=1S/C16H35BSi2.2C6H11BBr2.C5H11BBr2.C4H9BBr2.C4H9BCl2.C2H3BBr2.C2H3BCl2/c1-15(2)16(3,4)17(11-13-18(5,6)7)12-14-19(8,9)10;8-7(9)6-4-2-1-3-5-6;1-2-3-4-5-6-7(8)9;1-2-3-4-5-6(7)8;2*1-2-3-4-5(6)7;2*1-2-3(4)5/h11-15H,1-10H3;6H,1-5H2;5-6H,2-4H2,1H3;2-5H2,1H3;2*2-4H2,1H3;2*2H,1H2. The highest BCUT2D eigenvalue weighted by Gasteiger charge is 2.33. The van der Waals surface area contributed by atoms with Gasteiger partial charge < -0.3 is 0 Å². The highest BCUT2D eigenvalue weighted by molar-refractivity contribution is 9.50. The zero-order chi connectivity index (χ0) is 55.7. The van der Waals surface area contributed by atoms with Crippen LogP contribution in [0.15, 0.2) is 60.5 Å². The van der Waals surface area contributed by atoms with Crippen LogP contribution < -0.4 is 0 Å². The highest BCUT2D eigenvalue weighted by atomic mass is 79.9. The van der Waals surface area contributed by atoms with Crippen LogP contribution >= 0.6 is 203 Å². The number of hydrogen-bond acceptors (Lipinski definition) is 0. The van der Waals surface area contributed by atoms with E-state index in [2.05, 4.69) is 301 Å². The van der Waals surface area contributed by atoms with Crippen LogP contribution in [0.4, 0.5) is 0 Å². The Morgan fingerprint density at radius 2 is 0.942 bits per heavy atom. The van der Waals surface area contributed by atoms with Gasteiger partial charge in [0.2, 0.25) is 0 Å². The van der Waals surface area contributed by atoms with Crippen molar-refractivity contribution < 1.29 is 0 Å². The van der Waals surface area contributed by atoms with E-state index in [1.807, 2.05) is 0 Å². The number of allylic oxidation sites excluding steroid dienone is 1. The molecule has 0 aliphatic heterocycles. The van der Waals surface area contributed by atoms with Gasteiger partial charge in [-0.2, -0.15) is 45.8 Å². The normalized spacial score (nSPS) is 12.2. The van der Waals surface area contributed by atoms with Gasteiger partial charge in [0.1, 0.15) is 0 Å². The Morgan fingerprint density at radius 3 is 1.17 bits per heavy atom.